The van der Waals surface area contributed by atoms with Crippen LogP contribution in [0.25, 0.3) is 11.0 Å². The second kappa shape index (κ2) is 7.15. The molecular formula is C25H29N3O2. The first-order valence-corrected chi connectivity index (χ1v) is 11.0. The Morgan fingerprint density at radius 1 is 1.23 bits per heavy atom. The lowest BCUT2D eigenvalue weighted by Gasteiger charge is -2.34. The summed E-state index contributed by atoms with van der Waals surface area (Å²) in [4.78, 5) is 19.9. The maximum Gasteiger partial charge on any atom is 0.254 e. The first-order valence-electron chi connectivity index (χ1n) is 11.0. The molecular weight excluding hydrogens is 374 g/mol. The maximum atomic E-state index is 13.2. The van der Waals surface area contributed by atoms with E-state index in [-0.39, 0.29) is 12.0 Å². The van der Waals surface area contributed by atoms with Gasteiger partial charge in [0.2, 0.25) is 0 Å². The summed E-state index contributed by atoms with van der Waals surface area (Å²) in [7, 11) is 2.00. The second-order valence-corrected chi connectivity index (χ2v) is 8.89. The van der Waals surface area contributed by atoms with Crippen molar-refractivity contribution < 1.29 is 9.53 Å². The molecule has 1 saturated heterocycles. The number of hydrogen-bond donors (Lipinski definition) is 0. The van der Waals surface area contributed by atoms with Gasteiger partial charge >= 0.3 is 0 Å². The van der Waals surface area contributed by atoms with Gasteiger partial charge in [-0.15, -0.1) is 0 Å². The van der Waals surface area contributed by atoms with E-state index in [1.807, 2.05) is 24.9 Å². The summed E-state index contributed by atoms with van der Waals surface area (Å²) in [5, 5.41) is 0. The highest BCUT2D eigenvalue weighted by Crippen LogP contribution is 2.43. The zero-order valence-corrected chi connectivity index (χ0v) is 18.2. The average molecular weight is 404 g/mol. The molecule has 3 aromatic rings. The lowest BCUT2D eigenvalue weighted by molar-refractivity contribution is 0.0648. The van der Waals surface area contributed by atoms with Crippen LogP contribution in [0.1, 0.15) is 71.6 Å². The van der Waals surface area contributed by atoms with E-state index in [1.165, 1.54) is 11.1 Å². The molecule has 0 unspecified atom stereocenters. The number of likely N-dealkylation sites (tertiary alicyclic amines) is 1. The third-order valence-corrected chi connectivity index (χ3v) is 6.71. The van der Waals surface area contributed by atoms with Crippen LogP contribution in [0.5, 0.6) is 5.75 Å². The third-order valence-electron chi connectivity index (χ3n) is 6.71. The van der Waals surface area contributed by atoms with Crippen LogP contribution in [-0.4, -0.2) is 33.4 Å². The van der Waals surface area contributed by atoms with Gasteiger partial charge in [0.05, 0.1) is 5.52 Å². The Hall–Kier alpha value is -2.82. The van der Waals surface area contributed by atoms with E-state index in [4.69, 9.17) is 9.72 Å². The van der Waals surface area contributed by atoms with Crippen LogP contribution in [0.4, 0.5) is 0 Å². The summed E-state index contributed by atoms with van der Waals surface area (Å²) < 4.78 is 8.72. The van der Waals surface area contributed by atoms with Crippen LogP contribution in [0.2, 0.25) is 0 Å². The molecule has 1 fully saturated rings. The van der Waals surface area contributed by atoms with Gasteiger partial charge in [0.25, 0.3) is 5.91 Å². The van der Waals surface area contributed by atoms with Gasteiger partial charge in [-0.25, -0.2) is 4.98 Å². The first kappa shape index (κ1) is 19.2. The molecule has 0 N–H and O–H groups in total. The SMILES string of the molecule is Cc1nc2c3c(c(C(=O)N4CCC4)cc2n1C)CC[C@@H](c1ccccc1C(C)C)O3. The molecule has 2 aliphatic heterocycles. The highest BCUT2D eigenvalue weighted by Gasteiger charge is 2.33. The Bertz CT molecular complexity index is 1140. The Balaban J connectivity index is 1.64. The topological polar surface area (TPSA) is 47.4 Å². The average Bonchev–Trinajstić information content (AvgIpc) is 3.00. The molecule has 3 heterocycles. The smallest absolute Gasteiger partial charge is 0.254 e. The molecule has 2 aliphatic rings. The van der Waals surface area contributed by atoms with Crippen LogP contribution in [0.15, 0.2) is 30.3 Å². The highest BCUT2D eigenvalue weighted by molar-refractivity contribution is 6.02. The minimum Gasteiger partial charge on any atom is -0.483 e. The molecule has 0 radical (unpaired) electrons. The number of carbonyl (C=O) groups is 1. The number of hydrogen-bond acceptors (Lipinski definition) is 3. The number of aryl methyl sites for hydroxylation is 2. The number of aromatic nitrogens is 2. The van der Waals surface area contributed by atoms with Crippen molar-refractivity contribution in [1.29, 1.82) is 0 Å². The quantitative estimate of drug-likeness (QED) is 0.624. The number of ether oxygens (including phenoxy) is 1. The number of nitrogens with zero attached hydrogens (tertiary/aromatic N) is 3. The highest BCUT2D eigenvalue weighted by atomic mass is 16.5. The molecule has 1 aromatic heterocycles. The summed E-state index contributed by atoms with van der Waals surface area (Å²) in [5.41, 5.74) is 6.22. The predicted octanol–water partition coefficient (Wildman–Crippen LogP) is 4.92. The van der Waals surface area contributed by atoms with E-state index in [0.717, 1.165) is 66.1 Å². The van der Waals surface area contributed by atoms with Crippen LogP contribution in [0, 0.1) is 6.92 Å². The van der Waals surface area contributed by atoms with Gasteiger partial charge in [-0.2, -0.15) is 0 Å². The van der Waals surface area contributed by atoms with E-state index in [0.29, 0.717) is 5.92 Å². The van der Waals surface area contributed by atoms with Gasteiger partial charge in [-0.3, -0.25) is 4.79 Å². The van der Waals surface area contributed by atoms with E-state index in [1.54, 1.807) is 0 Å². The molecule has 5 heteroatoms. The van der Waals surface area contributed by atoms with Crippen molar-refractivity contribution >= 4 is 16.9 Å². The van der Waals surface area contributed by atoms with Crippen molar-refractivity contribution in [3.05, 3.63) is 58.4 Å². The Labute approximate surface area is 177 Å². The number of fused-ring (bicyclic) bond motifs is 3. The van der Waals surface area contributed by atoms with Crippen molar-refractivity contribution in [2.45, 2.75) is 52.1 Å². The molecule has 0 spiro atoms. The fourth-order valence-corrected chi connectivity index (χ4v) is 4.73. The molecule has 2 aromatic carbocycles. The number of carbonyl (C=O) groups excluding carboxylic acids is 1. The molecule has 0 bridgehead atoms. The maximum absolute atomic E-state index is 13.2. The molecule has 5 nitrogen and oxygen atoms in total. The van der Waals surface area contributed by atoms with Crippen molar-refractivity contribution in [2.75, 3.05) is 13.1 Å². The molecule has 1 atom stereocenters. The zero-order chi connectivity index (χ0) is 21.0. The lowest BCUT2D eigenvalue weighted by atomic mass is 9.88. The van der Waals surface area contributed by atoms with Crippen molar-refractivity contribution in [3.8, 4) is 5.75 Å². The molecule has 5 rings (SSSR count). The molecule has 1 amide bonds. The zero-order valence-electron chi connectivity index (χ0n) is 18.2. The van der Waals surface area contributed by atoms with Gasteiger partial charge in [0.15, 0.2) is 5.75 Å². The van der Waals surface area contributed by atoms with Gasteiger partial charge < -0.3 is 14.2 Å². The van der Waals surface area contributed by atoms with Crippen LogP contribution >= 0.6 is 0 Å². The predicted molar refractivity (Wildman–Crippen MR) is 118 cm³/mol. The number of imidazole rings is 1. The Morgan fingerprint density at radius 3 is 2.70 bits per heavy atom. The fraction of sp³-hybridized carbons (Fsp3) is 0.440. The Morgan fingerprint density at radius 2 is 2.00 bits per heavy atom. The largest absolute Gasteiger partial charge is 0.483 e. The van der Waals surface area contributed by atoms with Crippen LogP contribution in [-0.2, 0) is 13.5 Å². The summed E-state index contributed by atoms with van der Waals surface area (Å²) in [5.74, 6) is 2.29. The van der Waals surface area contributed by atoms with Crippen molar-refractivity contribution in [1.82, 2.24) is 14.5 Å². The lowest BCUT2D eigenvalue weighted by Crippen LogP contribution is -2.42. The van der Waals surface area contributed by atoms with Crippen LogP contribution in [0.3, 0.4) is 0 Å². The second-order valence-electron chi connectivity index (χ2n) is 8.89. The normalized spacial score (nSPS) is 18.3. The Kier molecular flexibility index (Phi) is 4.57. The van der Waals surface area contributed by atoms with Crippen molar-refractivity contribution in [2.24, 2.45) is 7.05 Å². The number of benzene rings is 2. The standard InChI is InChI=1S/C25H29N3O2/c1-15(2)17-8-5-6-9-18(17)22-11-10-19-20(25(29)28-12-7-13-28)14-21-23(24(19)30-22)26-16(3)27(21)4/h5-6,8-9,14-15,22H,7,10-13H2,1-4H3/t22-/m0/s1. The minimum absolute atomic E-state index is 0.0176. The van der Waals surface area contributed by atoms with Crippen LogP contribution < -0.4 is 4.74 Å². The van der Waals surface area contributed by atoms with E-state index in [2.05, 4.69) is 42.7 Å². The molecule has 30 heavy (non-hydrogen) atoms. The fourth-order valence-electron chi connectivity index (χ4n) is 4.73. The number of rotatable bonds is 3. The summed E-state index contributed by atoms with van der Waals surface area (Å²) in [6, 6.07) is 10.6. The third kappa shape index (κ3) is 2.91. The summed E-state index contributed by atoms with van der Waals surface area (Å²) in [6.45, 7) is 8.14. The van der Waals surface area contributed by atoms with E-state index >= 15 is 0 Å². The van der Waals surface area contributed by atoms with Gasteiger partial charge in [-0.05, 0) is 49.3 Å². The molecule has 0 saturated carbocycles. The van der Waals surface area contributed by atoms with Gasteiger partial charge in [0.1, 0.15) is 17.4 Å². The summed E-state index contributed by atoms with van der Waals surface area (Å²) >= 11 is 0. The van der Waals surface area contributed by atoms with E-state index in [9.17, 15) is 4.79 Å². The van der Waals surface area contributed by atoms with Gasteiger partial charge in [0, 0.05) is 31.3 Å². The summed E-state index contributed by atoms with van der Waals surface area (Å²) in [6.07, 6.45) is 2.77. The monoisotopic (exact) mass is 403 g/mol. The minimum atomic E-state index is -0.0176. The molecule has 156 valence electrons. The van der Waals surface area contributed by atoms with Gasteiger partial charge in [-0.1, -0.05) is 38.1 Å². The van der Waals surface area contributed by atoms with E-state index < -0.39 is 0 Å². The number of amides is 1. The first-order chi connectivity index (χ1) is 14.5. The van der Waals surface area contributed by atoms with Crippen molar-refractivity contribution in [3.63, 3.8) is 0 Å². The molecule has 0 aliphatic carbocycles.